The van der Waals surface area contributed by atoms with Crippen molar-refractivity contribution in [3.63, 3.8) is 0 Å². The fraction of sp³-hybridized carbons (Fsp3) is 0.636. The number of carbonyl (C=O) groups excluding carboxylic acids is 3. The summed E-state index contributed by atoms with van der Waals surface area (Å²) in [5, 5.41) is 0. The van der Waals surface area contributed by atoms with Crippen LogP contribution in [0.4, 0.5) is 0 Å². The Morgan fingerprint density at radius 3 is 2.34 bits per heavy atom. The number of likely N-dealkylation sites (tertiary alicyclic amines) is 3. The van der Waals surface area contributed by atoms with Crippen molar-refractivity contribution >= 4 is 17.6 Å². The van der Waals surface area contributed by atoms with Crippen LogP contribution in [0.5, 0.6) is 0 Å². The molecule has 0 unspecified atom stereocenters. The van der Waals surface area contributed by atoms with E-state index < -0.39 is 11.7 Å². The summed E-state index contributed by atoms with van der Waals surface area (Å²) < 4.78 is 0. The number of Topliss-reactive ketones (excluding diaryl/α,β-unsaturated/α-hetero) is 1. The quantitative estimate of drug-likeness (QED) is 0.569. The van der Waals surface area contributed by atoms with Gasteiger partial charge in [-0.2, -0.15) is 0 Å². The molecule has 4 heterocycles. The van der Waals surface area contributed by atoms with Gasteiger partial charge in [0.05, 0.1) is 5.92 Å². The van der Waals surface area contributed by atoms with Crippen LogP contribution in [0.2, 0.25) is 0 Å². The Morgan fingerprint density at radius 1 is 0.897 bits per heavy atom. The van der Waals surface area contributed by atoms with Gasteiger partial charge < -0.3 is 9.80 Å². The van der Waals surface area contributed by atoms with E-state index >= 15 is 0 Å². The van der Waals surface area contributed by atoms with Gasteiger partial charge in [-0.05, 0) is 57.2 Å². The molecule has 2 amide bonds. The molecule has 3 aliphatic rings. The van der Waals surface area contributed by atoms with E-state index in [1.807, 2.05) is 4.90 Å². The van der Waals surface area contributed by atoms with Gasteiger partial charge in [0.1, 0.15) is 0 Å². The summed E-state index contributed by atoms with van der Waals surface area (Å²) in [7, 11) is 0. The number of hydrogen-bond donors (Lipinski definition) is 0. The van der Waals surface area contributed by atoms with Crippen LogP contribution in [-0.2, 0) is 9.59 Å². The van der Waals surface area contributed by atoms with E-state index in [9.17, 15) is 14.4 Å². The van der Waals surface area contributed by atoms with Crippen molar-refractivity contribution in [1.29, 1.82) is 0 Å². The van der Waals surface area contributed by atoms with E-state index in [-0.39, 0.29) is 5.92 Å². The topological polar surface area (TPSA) is 73.8 Å². The molecule has 0 aliphatic carbocycles. The molecule has 3 fully saturated rings. The van der Waals surface area contributed by atoms with Gasteiger partial charge in [-0.15, -0.1) is 0 Å². The number of amides is 2. The fourth-order valence-electron chi connectivity index (χ4n) is 4.93. The van der Waals surface area contributed by atoms with Gasteiger partial charge in [-0.3, -0.25) is 24.3 Å². The third-order valence-electron chi connectivity index (χ3n) is 6.61. The first-order valence-corrected chi connectivity index (χ1v) is 10.9. The maximum Gasteiger partial charge on any atom is 0.295 e. The fourth-order valence-corrected chi connectivity index (χ4v) is 4.93. The Kier molecular flexibility index (Phi) is 6.23. The van der Waals surface area contributed by atoms with Gasteiger partial charge in [-0.25, -0.2) is 0 Å². The summed E-state index contributed by atoms with van der Waals surface area (Å²) in [4.78, 5) is 47.8. The number of piperidine rings is 2. The summed E-state index contributed by atoms with van der Waals surface area (Å²) in [5.41, 5.74) is 0.346. The minimum absolute atomic E-state index is 0.119. The molecular formula is C22H30N4O3. The van der Waals surface area contributed by atoms with Gasteiger partial charge in [0, 0.05) is 56.7 Å². The van der Waals surface area contributed by atoms with Gasteiger partial charge in [0.15, 0.2) is 0 Å². The number of ketones is 1. The minimum atomic E-state index is -0.481. The Balaban J connectivity index is 1.29. The summed E-state index contributed by atoms with van der Waals surface area (Å²) in [6, 6.07) is 3.69. The molecule has 7 nitrogen and oxygen atoms in total. The smallest absolute Gasteiger partial charge is 0.295 e. The van der Waals surface area contributed by atoms with Crippen LogP contribution in [-0.4, -0.2) is 82.6 Å². The zero-order valence-corrected chi connectivity index (χ0v) is 17.0. The van der Waals surface area contributed by atoms with E-state index in [0.29, 0.717) is 30.6 Å². The van der Waals surface area contributed by atoms with Crippen LogP contribution < -0.4 is 0 Å². The van der Waals surface area contributed by atoms with E-state index in [2.05, 4.69) is 9.88 Å². The van der Waals surface area contributed by atoms with Gasteiger partial charge in [0.25, 0.3) is 11.7 Å². The molecular weight excluding hydrogens is 368 g/mol. The maximum absolute atomic E-state index is 12.8. The first kappa shape index (κ1) is 20.0. The molecule has 0 bridgehead atoms. The predicted octanol–water partition coefficient (Wildman–Crippen LogP) is 1.59. The van der Waals surface area contributed by atoms with Crippen molar-refractivity contribution in [3.05, 3.63) is 30.1 Å². The van der Waals surface area contributed by atoms with Crippen molar-refractivity contribution in [2.75, 3.05) is 39.3 Å². The lowest BCUT2D eigenvalue weighted by Crippen LogP contribution is -2.52. The third kappa shape index (κ3) is 4.50. The largest absolute Gasteiger partial charge is 0.342 e. The highest BCUT2D eigenvalue weighted by molar-refractivity contribution is 6.42. The lowest BCUT2D eigenvalue weighted by molar-refractivity contribution is -0.136. The molecule has 4 rings (SSSR count). The number of hydrogen-bond acceptors (Lipinski definition) is 5. The number of aromatic nitrogens is 1. The van der Waals surface area contributed by atoms with Crippen LogP contribution in [0.3, 0.4) is 0 Å². The van der Waals surface area contributed by atoms with Crippen LogP contribution in [0.15, 0.2) is 24.5 Å². The summed E-state index contributed by atoms with van der Waals surface area (Å²) in [6.07, 6.45) is 9.06. The predicted molar refractivity (Wildman–Crippen MR) is 108 cm³/mol. The van der Waals surface area contributed by atoms with E-state index in [0.717, 1.165) is 64.7 Å². The highest BCUT2D eigenvalue weighted by atomic mass is 16.2. The van der Waals surface area contributed by atoms with Crippen molar-refractivity contribution in [3.8, 4) is 0 Å². The van der Waals surface area contributed by atoms with Gasteiger partial charge in [0.2, 0.25) is 5.91 Å². The molecule has 0 saturated carbocycles. The second kappa shape index (κ2) is 9.03. The molecule has 1 atom stereocenters. The Bertz CT molecular complexity index is 740. The van der Waals surface area contributed by atoms with Crippen LogP contribution in [0, 0.1) is 5.92 Å². The molecule has 29 heavy (non-hydrogen) atoms. The number of nitrogens with zero attached hydrogens (tertiary/aromatic N) is 4. The standard InChI is InChI=1S/C22H30N4O3/c27-20(17-5-3-9-23-15-17)22(29)25-13-7-19(8-14-25)26-12-4-6-18(16-26)21(28)24-10-1-2-11-24/h3,5,9,15,18-19H,1-2,4,6-8,10-14,16H2/t18-/m1/s1. The number of pyridine rings is 1. The Labute approximate surface area is 172 Å². The third-order valence-corrected chi connectivity index (χ3v) is 6.61. The molecule has 156 valence electrons. The van der Waals surface area contributed by atoms with Crippen molar-refractivity contribution in [2.24, 2.45) is 5.92 Å². The molecule has 1 aromatic rings. The van der Waals surface area contributed by atoms with Crippen LogP contribution >= 0.6 is 0 Å². The average Bonchev–Trinajstić information content (AvgIpc) is 3.33. The molecule has 0 N–H and O–H groups in total. The zero-order chi connectivity index (χ0) is 20.2. The second-order valence-corrected chi connectivity index (χ2v) is 8.46. The summed E-state index contributed by atoms with van der Waals surface area (Å²) >= 11 is 0. The lowest BCUT2D eigenvalue weighted by atomic mass is 9.92. The van der Waals surface area contributed by atoms with Crippen molar-refractivity contribution in [2.45, 2.75) is 44.6 Å². The minimum Gasteiger partial charge on any atom is -0.342 e. The molecule has 0 radical (unpaired) electrons. The highest BCUT2D eigenvalue weighted by Crippen LogP contribution is 2.26. The molecule has 3 aliphatic heterocycles. The van der Waals surface area contributed by atoms with Gasteiger partial charge in [-0.1, -0.05) is 0 Å². The van der Waals surface area contributed by atoms with Crippen LogP contribution in [0.1, 0.15) is 48.9 Å². The normalized spacial score (nSPS) is 23.9. The molecule has 0 spiro atoms. The monoisotopic (exact) mass is 398 g/mol. The average molecular weight is 399 g/mol. The highest BCUT2D eigenvalue weighted by Gasteiger charge is 2.35. The van der Waals surface area contributed by atoms with Crippen molar-refractivity contribution < 1.29 is 14.4 Å². The summed E-state index contributed by atoms with van der Waals surface area (Å²) in [5.74, 6) is -0.460. The van der Waals surface area contributed by atoms with E-state index in [1.165, 1.54) is 6.20 Å². The lowest BCUT2D eigenvalue weighted by Gasteiger charge is -2.42. The van der Waals surface area contributed by atoms with Crippen LogP contribution in [0.25, 0.3) is 0 Å². The number of carbonyl (C=O) groups is 3. The first-order valence-electron chi connectivity index (χ1n) is 10.9. The molecule has 7 heteroatoms. The first-order chi connectivity index (χ1) is 14.1. The number of rotatable bonds is 4. The summed E-state index contributed by atoms with van der Waals surface area (Å²) in [6.45, 7) is 4.88. The molecule has 1 aromatic heterocycles. The van der Waals surface area contributed by atoms with E-state index in [4.69, 9.17) is 0 Å². The molecule has 3 saturated heterocycles. The van der Waals surface area contributed by atoms with Gasteiger partial charge >= 0.3 is 0 Å². The SMILES string of the molecule is O=C(C(=O)N1CCC(N2CCC[C@@H](C(=O)N3CCCC3)C2)CC1)c1cccnc1. The zero-order valence-electron chi connectivity index (χ0n) is 17.0. The second-order valence-electron chi connectivity index (χ2n) is 8.46. The Hall–Kier alpha value is -2.28. The van der Waals surface area contributed by atoms with Crippen molar-refractivity contribution in [1.82, 2.24) is 19.7 Å². The Morgan fingerprint density at radius 2 is 1.66 bits per heavy atom. The van der Waals surface area contributed by atoms with E-state index in [1.54, 1.807) is 23.2 Å². The maximum atomic E-state index is 12.8. The molecule has 0 aromatic carbocycles.